The number of hydrogen-bond acceptors (Lipinski definition) is 1. The molecule has 0 saturated heterocycles. The maximum Gasteiger partial charge on any atom is 0.0347 e. The van der Waals surface area contributed by atoms with Crippen LogP contribution in [0.3, 0.4) is 0 Å². The fraction of sp³-hybridized carbons (Fsp3) is 0.647. The number of hydrogen-bond donors (Lipinski definition) is 1. The van der Waals surface area contributed by atoms with Crippen LogP contribution in [0.1, 0.15) is 56.6 Å². The zero-order valence-corrected chi connectivity index (χ0v) is 12.1. The summed E-state index contributed by atoms with van der Waals surface area (Å²) in [7, 11) is 0. The van der Waals surface area contributed by atoms with Crippen LogP contribution in [0.25, 0.3) is 0 Å². The summed E-state index contributed by atoms with van der Waals surface area (Å²) in [5.74, 6) is 0.969. The van der Waals surface area contributed by atoms with Crippen LogP contribution in [0.15, 0.2) is 18.2 Å². The maximum absolute atomic E-state index is 3.75. The van der Waals surface area contributed by atoms with Crippen molar-refractivity contribution in [2.75, 3.05) is 5.32 Å². The molecule has 0 heterocycles. The van der Waals surface area contributed by atoms with Gasteiger partial charge in [0.05, 0.1) is 0 Å². The lowest BCUT2D eigenvalue weighted by Gasteiger charge is -2.19. The lowest BCUT2D eigenvalue weighted by molar-refractivity contribution is 0.444. The van der Waals surface area contributed by atoms with Crippen LogP contribution < -0.4 is 5.32 Å². The SMILES string of the molecule is CCC1CCCC(Nc2cc(C)cc(C)c2)CC1. The fourth-order valence-corrected chi connectivity index (χ4v) is 3.22. The highest BCUT2D eigenvalue weighted by Gasteiger charge is 2.17. The van der Waals surface area contributed by atoms with Gasteiger partial charge in [0.25, 0.3) is 0 Å². The summed E-state index contributed by atoms with van der Waals surface area (Å²) >= 11 is 0. The standard InChI is InChI=1S/C17H27N/c1-4-15-6-5-7-16(9-8-15)18-17-11-13(2)10-14(3)12-17/h10-12,15-16,18H,4-9H2,1-3H3. The first-order valence-electron chi connectivity index (χ1n) is 7.52. The van der Waals surface area contributed by atoms with E-state index in [4.69, 9.17) is 0 Å². The van der Waals surface area contributed by atoms with Gasteiger partial charge >= 0.3 is 0 Å². The summed E-state index contributed by atoms with van der Waals surface area (Å²) < 4.78 is 0. The van der Waals surface area contributed by atoms with Crippen molar-refractivity contribution < 1.29 is 0 Å². The molecule has 0 aromatic heterocycles. The molecule has 0 bridgehead atoms. The summed E-state index contributed by atoms with van der Waals surface area (Å²) in [5.41, 5.74) is 4.03. The lowest BCUT2D eigenvalue weighted by Crippen LogP contribution is -2.18. The van der Waals surface area contributed by atoms with Gasteiger partial charge < -0.3 is 5.32 Å². The third-order valence-electron chi connectivity index (χ3n) is 4.26. The molecule has 1 aromatic rings. The van der Waals surface area contributed by atoms with Crippen molar-refractivity contribution in [1.82, 2.24) is 0 Å². The summed E-state index contributed by atoms with van der Waals surface area (Å²) in [6, 6.07) is 7.47. The highest BCUT2D eigenvalue weighted by atomic mass is 14.9. The molecule has 1 aliphatic carbocycles. The number of benzene rings is 1. The van der Waals surface area contributed by atoms with Gasteiger partial charge in [0, 0.05) is 11.7 Å². The van der Waals surface area contributed by atoms with Gasteiger partial charge in [-0.05, 0) is 62.3 Å². The Hall–Kier alpha value is -0.980. The monoisotopic (exact) mass is 245 g/mol. The summed E-state index contributed by atoms with van der Waals surface area (Å²) in [6.07, 6.45) is 8.26. The van der Waals surface area contributed by atoms with Gasteiger partial charge in [0.15, 0.2) is 0 Å². The maximum atomic E-state index is 3.75. The third-order valence-corrected chi connectivity index (χ3v) is 4.26. The highest BCUT2D eigenvalue weighted by molar-refractivity contribution is 5.49. The molecule has 2 atom stereocenters. The summed E-state index contributed by atoms with van der Waals surface area (Å²) in [6.45, 7) is 6.69. The Bertz CT molecular complexity index is 363. The van der Waals surface area contributed by atoms with Gasteiger partial charge in [0.2, 0.25) is 0 Å². The van der Waals surface area contributed by atoms with Gasteiger partial charge in [0.1, 0.15) is 0 Å². The summed E-state index contributed by atoms with van der Waals surface area (Å²) in [4.78, 5) is 0. The third kappa shape index (κ3) is 3.76. The topological polar surface area (TPSA) is 12.0 Å². The molecule has 2 unspecified atom stereocenters. The van der Waals surface area contributed by atoms with Crippen LogP contribution in [-0.4, -0.2) is 6.04 Å². The molecule has 1 aliphatic rings. The second-order valence-electron chi connectivity index (χ2n) is 6.00. The quantitative estimate of drug-likeness (QED) is 0.733. The lowest BCUT2D eigenvalue weighted by atomic mass is 9.98. The Labute approximate surface area is 112 Å². The normalized spacial score (nSPS) is 24.6. The van der Waals surface area contributed by atoms with E-state index in [9.17, 15) is 0 Å². The molecule has 2 rings (SSSR count). The minimum absolute atomic E-state index is 0.683. The van der Waals surface area contributed by atoms with Crippen molar-refractivity contribution in [3.8, 4) is 0 Å². The van der Waals surface area contributed by atoms with Gasteiger partial charge in [-0.2, -0.15) is 0 Å². The van der Waals surface area contributed by atoms with Crippen LogP contribution in [0.5, 0.6) is 0 Å². The largest absolute Gasteiger partial charge is 0.382 e. The second-order valence-corrected chi connectivity index (χ2v) is 6.00. The van der Waals surface area contributed by atoms with Gasteiger partial charge in [-0.3, -0.25) is 0 Å². The van der Waals surface area contributed by atoms with E-state index in [1.54, 1.807) is 0 Å². The number of anilines is 1. The molecule has 1 saturated carbocycles. The summed E-state index contributed by atoms with van der Waals surface area (Å²) in [5, 5.41) is 3.75. The van der Waals surface area contributed by atoms with E-state index < -0.39 is 0 Å². The number of aryl methyl sites for hydroxylation is 2. The van der Waals surface area contributed by atoms with Crippen molar-refractivity contribution in [2.24, 2.45) is 5.92 Å². The molecule has 1 heteroatoms. The highest BCUT2D eigenvalue weighted by Crippen LogP contribution is 2.27. The van der Waals surface area contributed by atoms with E-state index in [1.807, 2.05) is 0 Å². The average molecular weight is 245 g/mol. The average Bonchev–Trinajstić information content (AvgIpc) is 2.53. The molecule has 1 fully saturated rings. The molecule has 18 heavy (non-hydrogen) atoms. The molecule has 1 aromatic carbocycles. The van der Waals surface area contributed by atoms with E-state index >= 15 is 0 Å². The zero-order chi connectivity index (χ0) is 13.0. The molecule has 0 amide bonds. The van der Waals surface area contributed by atoms with Crippen molar-refractivity contribution in [1.29, 1.82) is 0 Å². The van der Waals surface area contributed by atoms with Crippen LogP contribution in [0.4, 0.5) is 5.69 Å². The van der Waals surface area contributed by atoms with Crippen molar-refractivity contribution in [2.45, 2.75) is 65.3 Å². The number of nitrogens with one attached hydrogen (secondary N) is 1. The predicted molar refractivity (Wildman–Crippen MR) is 80.2 cm³/mol. The Balaban J connectivity index is 1.96. The molecule has 0 radical (unpaired) electrons. The van der Waals surface area contributed by atoms with Crippen LogP contribution >= 0.6 is 0 Å². The van der Waals surface area contributed by atoms with Crippen LogP contribution in [0, 0.1) is 19.8 Å². The Morgan fingerprint density at radius 2 is 1.72 bits per heavy atom. The Kier molecular flexibility index (Phi) is 4.68. The first-order valence-corrected chi connectivity index (χ1v) is 7.52. The van der Waals surface area contributed by atoms with Crippen molar-refractivity contribution in [3.05, 3.63) is 29.3 Å². The van der Waals surface area contributed by atoms with Crippen molar-refractivity contribution >= 4 is 5.69 Å². The van der Waals surface area contributed by atoms with E-state index in [-0.39, 0.29) is 0 Å². The van der Waals surface area contributed by atoms with E-state index in [0.717, 1.165) is 5.92 Å². The fourth-order valence-electron chi connectivity index (χ4n) is 3.22. The van der Waals surface area contributed by atoms with Crippen molar-refractivity contribution in [3.63, 3.8) is 0 Å². The van der Waals surface area contributed by atoms with Gasteiger partial charge in [-0.1, -0.05) is 32.3 Å². The molecule has 1 N–H and O–H groups in total. The van der Waals surface area contributed by atoms with Crippen LogP contribution in [-0.2, 0) is 0 Å². The second kappa shape index (κ2) is 6.26. The van der Waals surface area contributed by atoms with E-state index in [0.29, 0.717) is 6.04 Å². The Morgan fingerprint density at radius 3 is 2.39 bits per heavy atom. The van der Waals surface area contributed by atoms with Crippen LogP contribution in [0.2, 0.25) is 0 Å². The van der Waals surface area contributed by atoms with E-state index in [1.165, 1.54) is 55.3 Å². The zero-order valence-electron chi connectivity index (χ0n) is 12.1. The number of rotatable bonds is 3. The smallest absolute Gasteiger partial charge is 0.0347 e. The first kappa shape index (κ1) is 13.5. The Morgan fingerprint density at radius 1 is 1.00 bits per heavy atom. The van der Waals surface area contributed by atoms with Gasteiger partial charge in [-0.15, -0.1) is 0 Å². The first-order chi connectivity index (χ1) is 8.67. The van der Waals surface area contributed by atoms with E-state index in [2.05, 4.69) is 44.3 Å². The molecular weight excluding hydrogens is 218 g/mol. The minimum Gasteiger partial charge on any atom is -0.382 e. The molecule has 100 valence electrons. The van der Waals surface area contributed by atoms with Gasteiger partial charge in [-0.25, -0.2) is 0 Å². The predicted octanol–water partition coefficient (Wildman–Crippen LogP) is 5.07. The molecule has 0 spiro atoms. The minimum atomic E-state index is 0.683. The molecule has 0 aliphatic heterocycles. The molecule has 1 nitrogen and oxygen atoms in total. The molecular formula is C17H27N.